The summed E-state index contributed by atoms with van der Waals surface area (Å²) in [6.07, 6.45) is 1.83. The Morgan fingerprint density at radius 2 is 1.53 bits per heavy atom. The lowest BCUT2D eigenvalue weighted by molar-refractivity contribution is -0.126. The molecule has 2 heterocycles. The van der Waals surface area contributed by atoms with Crippen molar-refractivity contribution in [3.05, 3.63) is 87.4 Å². The first-order valence-corrected chi connectivity index (χ1v) is 15.7. The number of methoxy groups -OCH3 is 3. The molecule has 45 heavy (non-hydrogen) atoms. The lowest BCUT2D eigenvalue weighted by atomic mass is 9.72. The van der Waals surface area contributed by atoms with Crippen molar-refractivity contribution in [2.45, 2.75) is 30.3 Å². The first-order chi connectivity index (χ1) is 21.7. The standard InChI is InChI=1S/C34H39Cl2N3O6/c1-42-28-19-23(20-29(43-2)30(28)44-3)31(40)39-17-18-45-34(22-39,25-9-10-26(35)27(36)21-25)13-16-38-14-11-33(12-15-38,32(37)41)24-7-5-4-6-8-24/h4-10,19-21H,11-18,22H2,1-3H3,(H2,37,41)/t34-/m0/s1. The van der Waals surface area contributed by atoms with Gasteiger partial charge in [-0.2, -0.15) is 0 Å². The van der Waals surface area contributed by atoms with Gasteiger partial charge in [-0.05, 0) is 67.7 Å². The molecule has 2 aliphatic heterocycles. The van der Waals surface area contributed by atoms with Crippen LogP contribution in [0.15, 0.2) is 60.7 Å². The Hall–Kier alpha value is -3.50. The van der Waals surface area contributed by atoms with Gasteiger partial charge in [0, 0.05) is 18.7 Å². The predicted octanol–water partition coefficient (Wildman–Crippen LogP) is 5.30. The van der Waals surface area contributed by atoms with Gasteiger partial charge < -0.3 is 34.5 Å². The minimum absolute atomic E-state index is 0.186. The van der Waals surface area contributed by atoms with Crippen molar-refractivity contribution in [3.63, 3.8) is 0 Å². The molecule has 11 heteroatoms. The molecule has 0 saturated carbocycles. The van der Waals surface area contributed by atoms with Gasteiger partial charge in [0.15, 0.2) is 11.5 Å². The molecule has 0 aliphatic carbocycles. The van der Waals surface area contributed by atoms with Crippen LogP contribution in [-0.2, 0) is 20.5 Å². The molecule has 2 saturated heterocycles. The van der Waals surface area contributed by atoms with Crippen LogP contribution in [0.4, 0.5) is 0 Å². The predicted molar refractivity (Wildman–Crippen MR) is 174 cm³/mol. The number of benzene rings is 3. The summed E-state index contributed by atoms with van der Waals surface area (Å²) in [5.74, 6) is 0.734. The zero-order valence-electron chi connectivity index (χ0n) is 25.8. The minimum Gasteiger partial charge on any atom is -0.493 e. The Morgan fingerprint density at radius 3 is 2.11 bits per heavy atom. The number of hydrogen-bond acceptors (Lipinski definition) is 7. The van der Waals surface area contributed by atoms with E-state index in [0.717, 1.165) is 11.1 Å². The van der Waals surface area contributed by atoms with Crippen molar-refractivity contribution in [1.29, 1.82) is 0 Å². The van der Waals surface area contributed by atoms with Crippen molar-refractivity contribution in [3.8, 4) is 17.2 Å². The summed E-state index contributed by atoms with van der Waals surface area (Å²) in [7, 11) is 4.56. The number of nitrogens with zero attached hydrogens (tertiary/aromatic N) is 2. The molecule has 0 spiro atoms. The molecule has 0 unspecified atom stereocenters. The third-order valence-corrected chi connectivity index (χ3v) is 9.91. The van der Waals surface area contributed by atoms with Gasteiger partial charge in [-0.3, -0.25) is 9.59 Å². The molecular formula is C34H39Cl2N3O6. The average Bonchev–Trinajstić information content (AvgIpc) is 3.08. The number of carbonyl (C=O) groups excluding carboxylic acids is 2. The van der Waals surface area contributed by atoms with Crippen LogP contribution in [0.25, 0.3) is 0 Å². The van der Waals surface area contributed by atoms with Crippen molar-refractivity contribution in [2.24, 2.45) is 5.73 Å². The molecule has 9 nitrogen and oxygen atoms in total. The molecule has 0 radical (unpaired) electrons. The fourth-order valence-corrected chi connectivity index (χ4v) is 6.82. The number of rotatable bonds is 10. The number of halogens is 2. The van der Waals surface area contributed by atoms with Crippen LogP contribution < -0.4 is 19.9 Å². The largest absolute Gasteiger partial charge is 0.493 e. The third kappa shape index (κ3) is 6.58. The molecule has 2 fully saturated rings. The zero-order chi connectivity index (χ0) is 32.2. The molecule has 2 N–H and O–H groups in total. The summed E-state index contributed by atoms with van der Waals surface area (Å²) in [6, 6.07) is 18.6. The number of hydrogen-bond donors (Lipinski definition) is 1. The highest BCUT2D eigenvalue weighted by molar-refractivity contribution is 6.42. The maximum absolute atomic E-state index is 14.0. The zero-order valence-corrected chi connectivity index (χ0v) is 27.3. The third-order valence-electron chi connectivity index (χ3n) is 9.17. The maximum Gasteiger partial charge on any atom is 0.254 e. The first kappa shape index (κ1) is 32.9. The van der Waals surface area contributed by atoms with E-state index in [1.54, 1.807) is 23.1 Å². The van der Waals surface area contributed by atoms with E-state index in [2.05, 4.69) is 4.90 Å². The Bertz CT molecular complexity index is 1500. The summed E-state index contributed by atoms with van der Waals surface area (Å²) in [6.45, 7) is 3.10. The fraction of sp³-hybridized carbons (Fsp3) is 0.412. The first-order valence-electron chi connectivity index (χ1n) is 14.9. The van der Waals surface area contributed by atoms with E-state index < -0.39 is 11.0 Å². The van der Waals surface area contributed by atoms with Crippen molar-refractivity contribution in [2.75, 3.05) is 60.7 Å². The van der Waals surface area contributed by atoms with E-state index >= 15 is 0 Å². The Kier molecular flexibility index (Phi) is 10.1. The van der Waals surface area contributed by atoms with Gasteiger partial charge in [-0.25, -0.2) is 0 Å². The molecular weight excluding hydrogens is 617 g/mol. The summed E-state index contributed by atoms with van der Waals surface area (Å²) in [5, 5.41) is 0.855. The minimum atomic E-state index is -0.847. The van der Waals surface area contributed by atoms with Crippen LogP contribution in [0.3, 0.4) is 0 Å². The summed E-state index contributed by atoms with van der Waals surface area (Å²) >= 11 is 12.8. The molecule has 1 atom stereocenters. The van der Waals surface area contributed by atoms with E-state index in [9.17, 15) is 9.59 Å². The lowest BCUT2D eigenvalue weighted by Crippen LogP contribution is -2.54. The molecule has 3 aromatic rings. The van der Waals surface area contributed by atoms with Crippen LogP contribution in [0, 0.1) is 0 Å². The molecule has 2 aliphatic rings. The fourth-order valence-electron chi connectivity index (χ4n) is 6.53. The van der Waals surface area contributed by atoms with Crippen LogP contribution in [0.2, 0.25) is 10.0 Å². The van der Waals surface area contributed by atoms with Crippen LogP contribution >= 0.6 is 23.2 Å². The second-order valence-electron chi connectivity index (χ2n) is 11.5. The Labute approximate surface area is 274 Å². The maximum atomic E-state index is 14.0. The highest BCUT2D eigenvalue weighted by Gasteiger charge is 2.44. The topological polar surface area (TPSA) is 104 Å². The van der Waals surface area contributed by atoms with Gasteiger partial charge in [0.1, 0.15) is 5.60 Å². The number of primary amides is 1. The highest BCUT2D eigenvalue weighted by Crippen LogP contribution is 2.41. The number of nitrogens with two attached hydrogens (primary N) is 1. The SMILES string of the molecule is COc1cc(C(=O)N2CCO[C@](CCN3CCC(C(N)=O)(c4ccccc4)CC3)(c3ccc(Cl)c(Cl)c3)C2)cc(OC)c1OC. The van der Waals surface area contributed by atoms with Gasteiger partial charge in [0.25, 0.3) is 5.91 Å². The van der Waals surface area contributed by atoms with Crippen molar-refractivity contribution in [1.82, 2.24) is 9.80 Å². The monoisotopic (exact) mass is 655 g/mol. The second kappa shape index (κ2) is 13.9. The number of likely N-dealkylation sites (tertiary alicyclic amines) is 1. The van der Waals surface area contributed by atoms with Crippen LogP contribution in [0.5, 0.6) is 17.2 Å². The Morgan fingerprint density at radius 1 is 0.867 bits per heavy atom. The number of amides is 2. The lowest BCUT2D eigenvalue weighted by Gasteiger charge is -2.45. The van der Waals surface area contributed by atoms with E-state index in [1.165, 1.54) is 21.3 Å². The summed E-state index contributed by atoms with van der Waals surface area (Å²) < 4.78 is 23.0. The van der Waals surface area contributed by atoms with E-state index in [0.29, 0.717) is 91.5 Å². The number of ether oxygens (including phenoxy) is 4. The average molecular weight is 657 g/mol. The number of carbonyl (C=O) groups is 2. The van der Waals surface area contributed by atoms with E-state index in [-0.39, 0.29) is 11.8 Å². The van der Waals surface area contributed by atoms with Crippen LogP contribution in [0.1, 0.15) is 40.7 Å². The van der Waals surface area contributed by atoms with Gasteiger partial charge in [0.05, 0.1) is 49.9 Å². The second-order valence-corrected chi connectivity index (χ2v) is 12.3. The Balaban J connectivity index is 1.39. The normalized spacial score (nSPS) is 20.0. The van der Waals surface area contributed by atoms with E-state index in [1.807, 2.05) is 42.5 Å². The quantitative estimate of drug-likeness (QED) is 0.316. The summed E-state index contributed by atoms with van der Waals surface area (Å²) in [5.41, 5.74) is 6.65. The highest BCUT2D eigenvalue weighted by atomic mass is 35.5. The molecule has 5 rings (SSSR count). The summed E-state index contributed by atoms with van der Waals surface area (Å²) in [4.78, 5) is 30.8. The van der Waals surface area contributed by atoms with Crippen LogP contribution in [-0.4, -0.2) is 82.3 Å². The molecule has 240 valence electrons. The van der Waals surface area contributed by atoms with Crippen molar-refractivity contribution < 1.29 is 28.5 Å². The molecule has 0 aromatic heterocycles. The van der Waals surface area contributed by atoms with Crippen molar-refractivity contribution >= 4 is 35.0 Å². The van der Waals surface area contributed by atoms with Gasteiger partial charge >= 0.3 is 0 Å². The molecule has 0 bridgehead atoms. The van der Waals surface area contributed by atoms with Gasteiger partial charge in [-0.1, -0.05) is 59.6 Å². The molecule has 2 amide bonds. The van der Waals surface area contributed by atoms with Gasteiger partial charge in [-0.15, -0.1) is 0 Å². The smallest absolute Gasteiger partial charge is 0.254 e. The van der Waals surface area contributed by atoms with E-state index in [4.69, 9.17) is 47.9 Å². The number of piperidine rings is 1. The van der Waals surface area contributed by atoms with Gasteiger partial charge in [0.2, 0.25) is 11.7 Å². The molecule has 3 aromatic carbocycles. The number of morpholine rings is 1.